The summed E-state index contributed by atoms with van der Waals surface area (Å²) in [5.41, 5.74) is 1.74. The predicted molar refractivity (Wildman–Crippen MR) is 108 cm³/mol. The Bertz CT molecular complexity index is 1320. The van der Waals surface area contributed by atoms with Gasteiger partial charge in [-0.1, -0.05) is 12.1 Å². The minimum absolute atomic E-state index is 0.0574. The van der Waals surface area contributed by atoms with E-state index < -0.39 is 11.9 Å². The molecule has 0 saturated heterocycles. The molecular formula is C22H18N4O5. The second-order valence-electron chi connectivity index (χ2n) is 6.92. The zero-order valence-electron chi connectivity index (χ0n) is 16.8. The topological polar surface area (TPSA) is 112 Å². The molecule has 0 amide bonds. The summed E-state index contributed by atoms with van der Waals surface area (Å²) in [6.45, 7) is 3.65. The van der Waals surface area contributed by atoms with Crippen molar-refractivity contribution in [2.45, 2.75) is 19.8 Å². The Morgan fingerprint density at radius 1 is 1.26 bits per heavy atom. The van der Waals surface area contributed by atoms with E-state index in [0.29, 0.717) is 45.6 Å². The maximum absolute atomic E-state index is 12.8. The molecular weight excluding hydrogens is 400 g/mol. The minimum Gasteiger partial charge on any atom is -0.507 e. The van der Waals surface area contributed by atoms with Crippen LogP contribution in [0.25, 0.3) is 17.0 Å². The van der Waals surface area contributed by atoms with Crippen molar-refractivity contribution in [1.82, 2.24) is 19.6 Å². The number of benzene rings is 1. The summed E-state index contributed by atoms with van der Waals surface area (Å²) >= 11 is 0. The quantitative estimate of drug-likeness (QED) is 0.502. The molecule has 0 fully saturated rings. The zero-order valence-corrected chi connectivity index (χ0v) is 16.8. The summed E-state index contributed by atoms with van der Waals surface area (Å²) in [6, 6.07) is 10.3. The van der Waals surface area contributed by atoms with Crippen LogP contribution >= 0.6 is 0 Å². The Morgan fingerprint density at radius 3 is 2.84 bits per heavy atom. The number of phenolic OH excluding ortho intramolecular Hbond substituents is 1. The largest absolute Gasteiger partial charge is 0.507 e. The minimum atomic E-state index is -0.643. The number of carbonyl (C=O) groups is 1. The summed E-state index contributed by atoms with van der Waals surface area (Å²) in [6.07, 6.45) is 3.01. The molecule has 1 aliphatic heterocycles. The van der Waals surface area contributed by atoms with Crippen LogP contribution in [-0.2, 0) is 9.53 Å². The lowest BCUT2D eigenvalue weighted by Gasteiger charge is -2.26. The Balaban J connectivity index is 1.75. The van der Waals surface area contributed by atoms with Crippen molar-refractivity contribution in [1.29, 1.82) is 0 Å². The molecule has 1 N–H and O–H groups in total. The molecule has 4 aromatic rings. The lowest BCUT2D eigenvalue weighted by atomic mass is 9.87. The number of ether oxygens (including phenoxy) is 2. The van der Waals surface area contributed by atoms with E-state index in [0.717, 1.165) is 0 Å². The average Bonchev–Trinajstić information content (AvgIpc) is 3.43. The van der Waals surface area contributed by atoms with Crippen LogP contribution < -0.4 is 4.74 Å². The molecule has 1 atom stereocenters. The number of esters is 1. The highest BCUT2D eigenvalue weighted by Gasteiger charge is 2.39. The van der Waals surface area contributed by atoms with E-state index >= 15 is 0 Å². The molecule has 5 rings (SSSR count). The van der Waals surface area contributed by atoms with Gasteiger partial charge in [0.25, 0.3) is 0 Å². The molecule has 9 heteroatoms. The van der Waals surface area contributed by atoms with Gasteiger partial charge in [-0.15, -0.1) is 5.10 Å². The second-order valence-corrected chi connectivity index (χ2v) is 6.92. The van der Waals surface area contributed by atoms with Gasteiger partial charge in [-0.05, 0) is 38.1 Å². The van der Waals surface area contributed by atoms with E-state index in [2.05, 4.69) is 15.1 Å². The Labute approximate surface area is 176 Å². The zero-order chi connectivity index (χ0) is 21.5. The van der Waals surface area contributed by atoms with Crippen LogP contribution in [0.5, 0.6) is 11.6 Å². The molecule has 0 spiro atoms. The highest BCUT2D eigenvalue weighted by molar-refractivity contribution is 5.93. The number of para-hydroxylation sites is 1. The van der Waals surface area contributed by atoms with Crippen molar-refractivity contribution < 1.29 is 23.8 Å². The van der Waals surface area contributed by atoms with Crippen LogP contribution in [0.3, 0.4) is 0 Å². The van der Waals surface area contributed by atoms with Gasteiger partial charge in [0.2, 0.25) is 5.88 Å². The summed E-state index contributed by atoms with van der Waals surface area (Å²) in [5, 5.41) is 14.7. The van der Waals surface area contributed by atoms with E-state index in [1.54, 1.807) is 50.2 Å². The normalized spacial score (nSPS) is 15.6. The molecule has 0 bridgehead atoms. The first kappa shape index (κ1) is 18.9. The number of hydrogen-bond donors (Lipinski definition) is 1. The van der Waals surface area contributed by atoms with Crippen molar-refractivity contribution in [3.8, 4) is 23.0 Å². The number of fused-ring (bicyclic) bond motifs is 3. The fraction of sp³-hybridized carbons (Fsp3) is 0.182. The Morgan fingerprint density at radius 2 is 2.10 bits per heavy atom. The van der Waals surface area contributed by atoms with Gasteiger partial charge >= 0.3 is 5.97 Å². The first-order chi connectivity index (χ1) is 15.1. The van der Waals surface area contributed by atoms with E-state index in [4.69, 9.17) is 13.9 Å². The van der Waals surface area contributed by atoms with Gasteiger partial charge < -0.3 is 19.0 Å². The molecule has 31 heavy (non-hydrogen) atoms. The maximum atomic E-state index is 12.8. The van der Waals surface area contributed by atoms with Crippen LogP contribution in [0.2, 0.25) is 0 Å². The molecule has 0 aliphatic carbocycles. The van der Waals surface area contributed by atoms with Gasteiger partial charge in [-0.25, -0.2) is 19.3 Å². The van der Waals surface area contributed by atoms with Crippen LogP contribution in [0.1, 0.15) is 31.1 Å². The summed E-state index contributed by atoms with van der Waals surface area (Å²) in [4.78, 5) is 21.8. The molecule has 156 valence electrons. The molecule has 0 saturated carbocycles. The number of hydrogen-bond acceptors (Lipinski definition) is 8. The van der Waals surface area contributed by atoms with Gasteiger partial charge in [0, 0.05) is 0 Å². The van der Waals surface area contributed by atoms with Crippen LogP contribution in [-0.4, -0.2) is 37.3 Å². The van der Waals surface area contributed by atoms with Gasteiger partial charge in [0.1, 0.15) is 23.6 Å². The lowest BCUT2D eigenvalue weighted by Crippen LogP contribution is -2.24. The van der Waals surface area contributed by atoms with Crippen molar-refractivity contribution in [3.05, 3.63) is 71.6 Å². The lowest BCUT2D eigenvalue weighted by molar-refractivity contribution is -0.139. The molecule has 3 aromatic heterocycles. The molecule has 1 aromatic carbocycles. The monoisotopic (exact) mass is 418 g/mol. The van der Waals surface area contributed by atoms with Crippen LogP contribution in [0, 0.1) is 0 Å². The fourth-order valence-corrected chi connectivity index (χ4v) is 3.73. The first-order valence-electron chi connectivity index (χ1n) is 9.71. The number of phenols is 1. The third kappa shape index (κ3) is 3.02. The van der Waals surface area contributed by atoms with Crippen molar-refractivity contribution in [3.63, 3.8) is 0 Å². The van der Waals surface area contributed by atoms with Gasteiger partial charge in [-0.3, -0.25) is 0 Å². The van der Waals surface area contributed by atoms with Crippen molar-refractivity contribution in [2.24, 2.45) is 0 Å². The number of allylic oxidation sites excluding steroid dienone is 1. The molecule has 0 unspecified atom stereocenters. The number of carbonyl (C=O) groups excluding carboxylic acids is 1. The SMILES string of the molecule is CCOC(=O)C1=C(C)Oc2ncn3nc(-c4ccccc4O)nc3c2[C@@H]1c1ccco1. The van der Waals surface area contributed by atoms with Crippen molar-refractivity contribution >= 4 is 11.6 Å². The Kier molecular flexibility index (Phi) is 4.43. The van der Waals surface area contributed by atoms with Crippen LogP contribution in [0.15, 0.2) is 64.7 Å². The highest BCUT2D eigenvalue weighted by Crippen LogP contribution is 2.44. The smallest absolute Gasteiger partial charge is 0.338 e. The number of aromatic hydroxyl groups is 1. The molecule has 9 nitrogen and oxygen atoms in total. The molecule has 1 aliphatic rings. The second kappa shape index (κ2) is 7.28. The van der Waals surface area contributed by atoms with Crippen LogP contribution in [0.4, 0.5) is 0 Å². The maximum Gasteiger partial charge on any atom is 0.338 e. The number of furan rings is 1. The van der Waals surface area contributed by atoms with E-state index in [1.165, 1.54) is 17.1 Å². The molecule has 0 radical (unpaired) electrons. The summed E-state index contributed by atoms with van der Waals surface area (Å²) in [7, 11) is 0. The third-order valence-electron chi connectivity index (χ3n) is 5.06. The van der Waals surface area contributed by atoms with Crippen molar-refractivity contribution in [2.75, 3.05) is 6.61 Å². The van der Waals surface area contributed by atoms with E-state index in [1.807, 2.05) is 0 Å². The first-order valence-corrected chi connectivity index (χ1v) is 9.71. The van der Waals surface area contributed by atoms with Gasteiger partial charge in [0.15, 0.2) is 11.5 Å². The number of nitrogens with zero attached hydrogens (tertiary/aromatic N) is 4. The highest BCUT2D eigenvalue weighted by atomic mass is 16.5. The average molecular weight is 418 g/mol. The van der Waals surface area contributed by atoms with Gasteiger partial charge in [-0.2, -0.15) is 0 Å². The summed E-state index contributed by atoms with van der Waals surface area (Å²) < 4.78 is 18.3. The number of rotatable bonds is 4. The predicted octanol–water partition coefficient (Wildman–Crippen LogP) is 3.45. The third-order valence-corrected chi connectivity index (χ3v) is 5.06. The van der Waals surface area contributed by atoms with E-state index in [9.17, 15) is 9.90 Å². The fourth-order valence-electron chi connectivity index (χ4n) is 3.73. The number of aromatic nitrogens is 4. The molecule has 4 heterocycles. The van der Waals surface area contributed by atoms with E-state index in [-0.39, 0.29) is 12.4 Å². The Hall–Kier alpha value is -4.14. The standard InChI is InChI=1S/C22H18N4O5/c1-3-29-22(28)16-12(2)31-21-18(17(16)15-9-6-10-30-15)20-24-19(25-26(20)11-23-21)13-7-4-5-8-14(13)27/h4-11,17,27H,3H2,1-2H3/t17-/m1/s1. The summed E-state index contributed by atoms with van der Waals surface area (Å²) in [5.74, 6) is 0.427. The van der Waals surface area contributed by atoms with Gasteiger partial charge in [0.05, 0.1) is 35.5 Å².